The molecule has 0 fully saturated rings. The van der Waals surface area contributed by atoms with Crippen LogP contribution in [0.25, 0.3) is 22.2 Å². The minimum Gasteiger partial charge on any atom is -0.441 e. The number of oxazole rings is 1. The first-order valence-corrected chi connectivity index (χ1v) is 6.32. The molecule has 0 bridgehead atoms. The highest BCUT2D eigenvalue weighted by Gasteiger charge is 2.10. The summed E-state index contributed by atoms with van der Waals surface area (Å²) in [5.41, 5.74) is 4.16. The highest BCUT2D eigenvalue weighted by Crippen LogP contribution is 2.28. The molecule has 0 aliphatic heterocycles. The van der Waals surface area contributed by atoms with Crippen molar-refractivity contribution in [3.05, 3.63) is 54.4 Å². The summed E-state index contributed by atoms with van der Waals surface area (Å²) in [5.74, 6) is 0.830. The van der Waals surface area contributed by atoms with Crippen LogP contribution in [0.4, 0.5) is 0 Å². The minimum atomic E-state index is 0.830. The van der Waals surface area contributed by atoms with E-state index >= 15 is 0 Å². The number of hydrogen-bond donors (Lipinski definition) is 0. The first-order valence-electron chi connectivity index (χ1n) is 6.32. The molecule has 1 aromatic heterocycles. The van der Waals surface area contributed by atoms with Crippen LogP contribution < -0.4 is 0 Å². The third kappa shape index (κ3) is 1.90. The van der Waals surface area contributed by atoms with Gasteiger partial charge >= 0.3 is 0 Å². The molecule has 18 heavy (non-hydrogen) atoms. The molecule has 1 heterocycles. The summed E-state index contributed by atoms with van der Waals surface area (Å²) in [6.07, 6.45) is 1.94. The Balaban J connectivity index is 2.17. The van der Waals surface area contributed by atoms with E-state index in [0.29, 0.717) is 0 Å². The average Bonchev–Trinajstić information content (AvgIpc) is 2.82. The van der Waals surface area contributed by atoms with Crippen LogP contribution in [0.1, 0.15) is 19.2 Å². The van der Waals surface area contributed by atoms with E-state index in [-0.39, 0.29) is 0 Å². The van der Waals surface area contributed by atoms with E-state index in [0.717, 1.165) is 35.4 Å². The van der Waals surface area contributed by atoms with Gasteiger partial charge < -0.3 is 4.42 Å². The molecule has 0 aliphatic carbocycles. The lowest BCUT2D eigenvalue weighted by Crippen LogP contribution is -1.82. The van der Waals surface area contributed by atoms with Crippen molar-refractivity contribution >= 4 is 11.1 Å². The lowest BCUT2D eigenvalue weighted by atomic mass is 10.0. The number of aromatic nitrogens is 1. The Kier molecular flexibility index (Phi) is 2.85. The van der Waals surface area contributed by atoms with Crippen molar-refractivity contribution in [2.45, 2.75) is 19.8 Å². The fourth-order valence-corrected chi connectivity index (χ4v) is 2.17. The van der Waals surface area contributed by atoms with Gasteiger partial charge in [-0.25, -0.2) is 4.98 Å². The number of nitrogens with zero attached hydrogens (tertiary/aromatic N) is 1. The number of hydrogen-bond acceptors (Lipinski definition) is 2. The van der Waals surface area contributed by atoms with Gasteiger partial charge in [0.2, 0.25) is 0 Å². The molecule has 0 unspecified atom stereocenters. The van der Waals surface area contributed by atoms with E-state index in [4.69, 9.17) is 4.42 Å². The van der Waals surface area contributed by atoms with E-state index in [9.17, 15) is 0 Å². The van der Waals surface area contributed by atoms with Gasteiger partial charge in [-0.05, 0) is 18.1 Å². The smallest absolute Gasteiger partial charge is 0.195 e. The number of para-hydroxylation sites is 1. The van der Waals surface area contributed by atoms with E-state index in [1.807, 2.05) is 30.3 Å². The van der Waals surface area contributed by atoms with Crippen LogP contribution in [0.2, 0.25) is 0 Å². The third-order valence-corrected chi connectivity index (χ3v) is 3.01. The van der Waals surface area contributed by atoms with E-state index in [1.165, 1.54) is 5.56 Å². The molecule has 0 saturated carbocycles. The highest BCUT2D eigenvalue weighted by molar-refractivity contribution is 5.90. The van der Waals surface area contributed by atoms with Crippen molar-refractivity contribution in [1.82, 2.24) is 4.98 Å². The van der Waals surface area contributed by atoms with Crippen molar-refractivity contribution in [1.29, 1.82) is 0 Å². The molecule has 2 nitrogen and oxygen atoms in total. The molecule has 0 radical (unpaired) electrons. The van der Waals surface area contributed by atoms with Crippen molar-refractivity contribution in [2.75, 3.05) is 0 Å². The number of fused-ring (bicyclic) bond motifs is 1. The van der Waals surface area contributed by atoms with E-state index < -0.39 is 0 Å². The Labute approximate surface area is 106 Å². The molecule has 0 atom stereocenters. The van der Waals surface area contributed by atoms with Gasteiger partial charge in [-0.15, -0.1) is 0 Å². The number of benzene rings is 2. The van der Waals surface area contributed by atoms with Gasteiger partial charge in [0, 0.05) is 12.0 Å². The average molecular weight is 237 g/mol. The molecule has 0 aliphatic rings. The zero-order valence-electron chi connectivity index (χ0n) is 10.4. The first-order chi connectivity index (χ1) is 8.88. The van der Waals surface area contributed by atoms with Crippen LogP contribution in [-0.2, 0) is 6.42 Å². The van der Waals surface area contributed by atoms with Gasteiger partial charge in [-0.1, -0.05) is 49.4 Å². The Morgan fingerprint density at radius 3 is 2.61 bits per heavy atom. The van der Waals surface area contributed by atoms with Crippen LogP contribution in [0.5, 0.6) is 0 Å². The van der Waals surface area contributed by atoms with Crippen molar-refractivity contribution in [3.8, 4) is 11.1 Å². The summed E-state index contributed by atoms with van der Waals surface area (Å²) < 4.78 is 5.76. The number of aryl methyl sites for hydroxylation is 1. The molecular formula is C16H15NO. The fourth-order valence-electron chi connectivity index (χ4n) is 2.17. The van der Waals surface area contributed by atoms with Crippen LogP contribution in [0.15, 0.2) is 52.9 Å². The van der Waals surface area contributed by atoms with Crippen LogP contribution in [0.3, 0.4) is 0 Å². The molecule has 2 aromatic carbocycles. The minimum absolute atomic E-state index is 0.830. The summed E-state index contributed by atoms with van der Waals surface area (Å²) in [6, 6.07) is 16.4. The zero-order valence-corrected chi connectivity index (χ0v) is 10.4. The zero-order chi connectivity index (χ0) is 12.4. The summed E-state index contributed by atoms with van der Waals surface area (Å²) >= 11 is 0. The summed E-state index contributed by atoms with van der Waals surface area (Å²) in [7, 11) is 0. The predicted octanol–water partition coefficient (Wildman–Crippen LogP) is 4.45. The maximum Gasteiger partial charge on any atom is 0.195 e. The Morgan fingerprint density at radius 2 is 1.83 bits per heavy atom. The van der Waals surface area contributed by atoms with E-state index in [1.54, 1.807) is 0 Å². The molecular weight excluding hydrogens is 222 g/mol. The van der Waals surface area contributed by atoms with Crippen LogP contribution in [0, 0.1) is 0 Å². The standard InChI is InChI=1S/C16H15NO/c1-2-7-15-17-16-13(10-6-11-14(16)18-15)12-8-4-3-5-9-12/h3-6,8-11H,2,7H2,1H3. The van der Waals surface area contributed by atoms with Crippen molar-refractivity contribution in [3.63, 3.8) is 0 Å². The van der Waals surface area contributed by atoms with Gasteiger partial charge in [-0.2, -0.15) is 0 Å². The molecule has 0 spiro atoms. The molecule has 3 aromatic rings. The largest absolute Gasteiger partial charge is 0.441 e. The quantitative estimate of drug-likeness (QED) is 0.672. The molecule has 0 saturated heterocycles. The molecule has 0 amide bonds. The van der Waals surface area contributed by atoms with Crippen LogP contribution >= 0.6 is 0 Å². The maximum atomic E-state index is 5.76. The molecule has 0 N–H and O–H groups in total. The van der Waals surface area contributed by atoms with Gasteiger partial charge in [0.05, 0.1) is 0 Å². The predicted molar refractivity (Wildman–Crippen MR) is 73.4 cm³/mol. The summed E-state index contributed by atoms with van der Waals surface area (Å²) in [4.78, 5) is 4.61. The van der Waals surface area contributed by atoms with E-state index in [2.05, 4.69) is 30.1 Å². The maximum absolute atomic E-state index is 5.76. The van der Waals surface area contributed by atoms with Gasteiger partial charge in [0.25, 0.3) is 0 Å². The Hall–Kier alpha value is -2.09. The SMILES string of the molecule is CCCc1nc2c(-c3ccccc3)cccc2o1. The fraction of sp³-hybridized carbons (Fsp3) is 0.188. The number of rotatable bonds is 3. The summed E-state index contributed by atoms with van der Waals surface area (Å²) in [6.45, 7) is 2.13. The highest BCUT2D eigenvalue weighted by atomic mass is 16.3. The normalized spacial score (nSPS) is 10.9. The first kappa shape index (κ1) is 11.0. The van der Waals surface area contributed by atoms with Gasteiger partial charge in [0.15, 0.2) is 11.5 Å². The van der Waals surface area contributed by atoms with Crippen molar-refractivity contribution in [2.24, 2.45) is 0 Å². The lowest BCUT2D eigenvalue weighted by molar-refractivity contribution is 0.525. The molecule has 3 rings (SSSR count). The van der Waals surface area contributed by atoms with Crippen molar-refractivity contribution < 1.29 is 4.42 Å². The lowest BCUT2D eigenvalue weighted by Gasteiger charge is -2.00. The van der Waals surface area contributed by atoms with Gasteiger partial charge in [-0.3, -0.25) is 0 Å². The second kappa shape index (κ2) is 4.65. The monoisotopic (exact) mass is 237 g/mol. The molecule has 2 heteroatoms. The second-order valence-corrected chi connectivity index (χ2v) is 4.38. The van der Waals surface area contributed by atoms with Crippen LogP contribution in [-0.4, -0.2) is 4.98 Å². The third-order valence-electron chi connectivity index (χ3n) is 3.01. The Bertz CT molecular complexity index is 655. The summed E-state index contributed by atoms with van der Waals surface area (Å²) in [5, 5.41) is 0. The van der Waals surface area contributed by atoms with Gasteiger partial charge in [0.1, 0.15) is 5.52 Å². The Morgan fingerprint density at radius 1 is 1.00 bits per heavy atom. The molecule has 90 valence electrons. The topological polar surface area (TPSA) is 26.0 Å². The second-order valence-electron chi connectivity index (χ2n) is 4.38.